The van der Waals surface area contributed by atoms with Crippen molar-refractivity contribution in [2.75, 3.05) is 13.1 Å². The highest BCUT2D eigenvalue weighted by Crippen LogP contribution is 2.27. The number of nitrogens with zero attached hydrogens (tertiary/aromatic N) is 1. The maximum Gasteiger partial charge on any atom is 0.115 e. The first-order valence-electron chi connectivity index (χ1n) is 5.51. The third-order valence-corrected chi connectivity index (χ3v) is 3.18. The lowest BCUT2D eigenvalue weighted by Gasteiger charge is -2.26. The Morgan fingerprint density at radius 3 is 2.62 bits per heavy atom. The van der Waals surface area contributed by atoms with Crippen molar-refractivity contribution in [1.82, 2.24) is 4.90 Å². The molecule has 0 spiro atoms. The molecule has 86 valence electrons. The van der Waals surface area contributed by atoms with Gasteiger partial charge in [0.2, 0.25) is 0 Å². The second kappa shape index (κ2) is 4.80. The molecule has 1 aromatic rings. The minimum atomic E-state index is -0.0374. The predicted octanol–water partition coefficient (Wildman–Crippen LogP) is 1.82. The molecule has 16 heavy (non-hydrogen) atoms. The summed E-state index contributed by atoms with van der Waals surface area (Å²) in [4.78, 5) is 2.75. The molecule has 0 radical (unpaired) electrons. The number of hydrogen-bond donors (Lipinski definition) is 2. The van der Waals surface area contributed by atoms with Crippen LogP contribution in [-0.4, -0.2) is 28.1 Å². The van der Waals surface area contributed by atoms with Crippen LogP contribution in [0.3, 0.4) is 0 Å². The van der Waals surface area contributed by atoms with E-state index < -0.39 is 0 Å². The largest absolute Gasteiger partial charge is 0.508 e. The fraction of sp³-hybridized carbons (Fsp3) is 0.417. The first kappa shape index (κ1) is 11.4. The van der Waals surface area contributed by atoms with Crippen LogP contribution in [0.2, 0.25) is 0 Å². The van der Waals surface area contributed by atoms with E-state index in [0.717, 1.165) is 18.7 Å². The molecule has 4 heteroatoms. The van der Waals surface area contributed by atoms with Crippen molar-refractivity contribution in [3.05, 3.63) is 29.8 Å². The van der Waals surface area contributed by atoms with Gasteiger partial charge in [0, 0.05) is 0 Å². The Balaban J connectivity index is 2.28. The smallest absolute Gasteiger partial charge is 0.115 e. The standard InChI is InChI=1S/C12H16N2OS/c13-12(16)11(14-6-1-2-7-14)9-4-3-5-10(15)8-9/h3-5,8,11,15H,1-2,6-7H2,(H2,13,16). The summed E-state index contributed by atoms with van der Waals surface area (Å²) < 4.78 is 0. The molecule has 3 nitrogen and oxygen atoms in total. The highest BCUT2D eigenvalue weighted by Gasteiger charge is 2.25. The lowest BCUT2D eigenvalue weighted by molar-refractivity contribution is 0.304. The minimum absolute atomic E-state index is 0.0374. The Kier molecular flexibility index (Phi) is 3.41. The van der Waals surface area contributed by atoms with Crippen LogP contribution in [0.1, 0.15) is 24.4 Å². The van der Waals surface area contributed by atoms with Gasteiger partial charge in [-0.25, -0.2) is 0 Å². The van der Waals surface area contributed by atoms with Gasteiger partial charge in [0.25, 0.3) is 0 Å². The second-order valence-corrected chi connectivity index (χ2v) is 4.61. The van der Waals surface area contributed by atoms with Gasteiger partial charge in [-0.3, -0.25) is 4.90 Å². The molecule has 1 aliphatic rings. The topological polar surface area (TPSA) is 49.5 Å². The van der Waals surface area contributed by atoms with Gasteiger partial charge in [0.1, 0.15) is 5.75 Å². The summed E-state index contributed by atoms with van der Waals surface area (Å²) in [6, 6.07) is 7.14. The number of phenolic OH excluding ortho intramolecular Hbond substituents is 1. The summed E-state index contributed by atoms with van der Waals surface area (Å²) in [6.07, 6.45) is 2.38. The maximum atomic E-state index is 9.48. The number of nitrogens with two attached hydrogens (primary N) is 1. The molecule has 0 bridgehead atoms. The van der Waals surface area contributed by atoms with Crippen molar-refractivity contribution in [2.45, 2.75) is 18.9 Å². The molecular weight excluding hydrogens is 220 g/mol. The number of phenols is 1. The Morgan fingerprint density at radius 2 is 2.06 bits per heavy atom. The fourth-order valence-electron chi connectivity index (χ4n) is 2.25. The Hall–Kier alpha value is -1.13. The summed E-state index contributed by atoms with van der Waals surface area (Å²) in [7, 11) is 0. The molecule has 3 N–H and O–H groups in total. The molecular formula is C12H16N2OS. The summed E-state index contributed by atoms with van der Waals surface area (Å²) in [5, 5.41) is 9.48. The maximum absolute atomic E-state index is 9.48. The van der Waals surface area contributed by atoms with Gasteiger partial charge < -0.3 is 10.8 Å². The van der Waals surface area contributed by atoms with E-state index in [-0.39, 0.29) is 11.8 Å². The van der Waals surface area contributed by atoms with Gasteiger partial charge in [-0.05, 0) is 43.6 Å². The number of benzene rings is 1. The molecule has 1 aliphatic heterocycles. The zero-order valence-electron chi connectivity index (χ0n) is 9.10. The van der Waals surface area contributed by atoms with E-state index >= 15 is 0 Å². The van der Waals surface area contributed by atoms with E-state index in [2.05, 4.69) is 4.90 Å². The zero-order chi connectivity index (χ0) is 11.5. The fourth-order valence-corrected chi connectivity index (χ4v) is 2.53. The van der Waals surface area contributed by atoms with Crippen LogP contribution in [0.5, 0.6) is 5.75 Å². The Morgan fingerprint density at radius 1 is 1.38 bits per heavy atom. The molecule has 1 heterocycles. The zero-order valence-corrected chi connectivity index (χ0v) is 9.91. The lowest BCUT2D eigenvalue weighted by atomic mass is 10.1. The molecule has 0 aromatic heterocycles. The number of aromatic hydroxyl groups is 1. The number of hydrogen-bond acceptors (Lipinski definition) is 3. The van der Waals surface area contributed by atoms with Crippen molar-refractivity contribution in [2.24, 2.45) is 5.73 Å². The van der Waals surface area contributed by atoms with E-state index in [1.54, 1.807) is 12.1 Å². The molecule has 1 saturated heterocycles. The van der Waals surface area contributed by atoms with Crippen LogP contribution in [0.4, 0.5) is 0 Å². The van der Waals surface area contributed by atoms with Crippen molar-refractivity contribution < 1.29 is 5.11 Å². The van der Waals surface area contributed by atoms with Gasteiger partial charge in [0.05, 0.1) is 11.0 Å². The molecule has 1 fully saturated rings. The van der Waals surface area contributed by atoms with Crippen LogP contribution in [0.15, 0.2) is 24.3 Å². The van der Waals surface area contributed by atoms with Gasteiger partial charge in [-0.1, -0.05) is 24.4 Å². The summed E-state index contributed by atoms with van der Waals surface area (Å²) in [5.41, 5.74) is 6.79. The number of thiocarbonyl (C=S) groups is 1. The molecule has 0 aliphatic carbocycles. The molecule has 0 saturated carbocycles. The number of rotatable bonds is 3. The summed E-state index contributed by atoms with van der Waals surface area (Å²) in [5.74, 6) is 0.262. The Labute approximate surface area is 101 Å². The third kappa shape index (κ3) is 2.33. The van der Waals surface area contributed by atoms with Crippen molar-refractivity contribution in [3.8, 4) is 5.75 Å². The van der Waals surface area contributed by atoms with Gasteiger partial charge in [-0.2, -0.15) is 0 Å². The quantitative estimate of drug-likeness (QED) is 0.786. The van der Waals surface area contributed by atoms with E-state index in [1.165, 1.54) is 12.8 Å². The SMILES string of the molecule is NC(=S)C(c1cccc(O)c1)N1CCCC1. The van der Waals surface area contributed by atoms with Crippen LogP contribution in [-0.2, 0) is 0 Å². The third-order valence-electron chi connectivity index (χ3n) is 2.96. The number of likely N-dealkylation sites (tertiary alicyclic amines) is 1. The summed E-state index contributed by atoms with van der Waals surface area (Å²) >= 11 is 5.13. The normalized spacial score (nSPS) is 18.5. The van der Waals surface area contributed by atoms with Gasteiger partial charge >= 0.3 is 0 Å². The van der Waals surface area contributed by atoms with Crippen LogP contribution < -0.4 is 5.73 Å². The molecule has 2 rings (SSSR count). The van der Waals surface area contributed by atoms with Gasteiger partial charge in [0.15, 0.2) is 0 Å². The van der Waals surface area contributed by atoms with Crippen LogP contribution >= 0.6 is 12.2 Å². The minimum Gasteiger partial charge on any atom is -0.508 e. The van der Waals surface area contributed by atoms with Crippen molar-refractivity contribution in [1.29, 1.82) is 0 Å². The molecule has 1 aromatic carbocycles. The van der Waals surface area contributed by atoms with Crippen LogP contribution in [0, 0.1) is 0 Å². The second-order valence-electron chi connectivity index (χ2n) is 4.14. The van der Waals surface area contributed by atoms with Crippen molar-refractivity contribution >= 4 is 17.2 Å². The van der Waals surface area contributed by atoms with Crippen molar-refractivity contribution in [3.63, 3.8) is 0 Å². The highest BCUT2D eigenvalue weighted by atomic mass is 32.1. The highest BCUT2D eigenvalue weighted by molar-refractivity contribution is 7.80. The van der Waals surface area contributed by atoms with Crippen LogP contribution in [0.25, 0.3) is 0 Å². The summed E-state index contributed by atoms with van der Waals surface area (Å²) in [6.45, 7) is 2.05. The van der Waals surface area contributed by atoms with Gasteiger partial charge in [-0.15, -0.1) is 0 Å². The van der Waals surface area contributed by atoms with E-state index in [1.807, 2.05) is 12.1 Å². The average molecular weight is 236 g/mol. The first-order chi connectivity index (χ1) is 7.68. The van der Waals surface area contributed by atoms with E-state index in [0.29, 0.717) is 4.99 Å². The van der Waals surface area contributed by atoms with E-state index in [4.69, 9.17) is 18.0 Å². The predicted molar refractivity (Wildman–Crippen MR) is 68.4 cm³/mol. The first-order valence-corrected chi connectivity index (χ1v) is 5.91. The molecule has 0 amide bonds. The molecule has 1 atom stereocenters. The average Bonchev–Trinajstić information content (AvgIpc) is 2.71. The lowest BCUT2D eigenvalue weighted by Crippen LogP contribution is -2.34. The van der Waals surface area contributed by atoms with E-state index in [9.17, 15) is 5.11 Å². The molecule has 1 unspecified atom stereocenters. The Bertz CT molecular complexity index is 388. The monoisotopic (exact) mass is 236 g/mol.